The van der Waals surface area contributed by atoms with E-state index in [1.807, 2.05) is 24.4 Å². The highest BCUT2D eigenvalue weighted by atomic mass is 32.2. The van der Waals surface area contributed by atoms with E-state index in [2.05, 4.69) is 20.2 Å². The van der Waals surface area contributed by atoms with Gasteiger partial charge in [0.25, 0.3) is 5.56 Å². The topological polar surface area (TPSA) is 97.2 Å². The maximum atomic E-state index is 13.6. The summed E-state index contributed by atoms with van der Waals surface area (Å²) in [6.07, 6.45) is 7.68. The molecule has 35 heavy (non-hydrogen) atoms. The van der Waals surface area contributed by atoms with Crippen molar-refractivity contribution in [3.05, 3.63) is 50.5 Å². The van der Waals surface area contributed by atoms with Gasteiger partial charge in [0.05, 0.1) is 16.7 Å². The molecule has 2 aliphatic heterocycles. The number of hydrogen-bond acceptors (Lipinski definition) is 8. The number of rotatable bonds is 6. The fraction of sp³-hybridized carbons (Fsp3) is 0.480. The van der Waals surface area contributed by atoms with Crippen LogP contribution in [0.4, 0.5) is 0 Å². The van der Waals surface area contributed by atoms with Crippen LogP contribution in [0.1, 0.15) is 60.3 Å². The number of imide groups is 1. The van der Waals surface area contributed by atoms with Gasteiger partial charge in [0, 0.05) is 28.9 Å². The molecular formula is C25H29N5O3S2. The molecule has 0 aliphatic carbocycles. The minimum Gasteiger partial charge on any atom is -0.298 e. The maximum Gasteiger partial charge on any atom is 0.263 e. The second kappa shape index (κ2) is 10.6. The monoisotopic (exact) mass is 511 g/mol. The zero-order valence-corrected chi connectivity index (χ0v) is 21.4. The van der Waals surface area contributed by atoms with Crippen LogP contribution >= 0.6 is 23.1 Å². The SMILES string of the molecule is Cc1nc2cccc(SCc3ncc(CN4CCCCCC4)s3)c2c(=O)n1C1CCC(=O)NC1=O. The van der Waals surface area contributed by atoms with Gasteiger partial charge in [0.15, 0.2) is 0 Å². The smallest absolute Gasteiger partial charge is 0.263 e. The van der Waals surface area contributed by atoms with Crippen molar-refractivity contribution >= 4 is 45.8 Å². The van der Waals surface area contributed by atoms with E-state index in [1.54, 1.807) is 30.0 Å². The van der Waals surface area contributed by atoms with Crippen molar-refractivity contribution in [2.24, 2.45) is 0 Å². The Morgan fingerprint density at radius 2 is 1.94 bits per heavy atom. The van der Waals surface area contributed by atoms with Gasteiger partial charge in [-0.05, 0) is 51.4 Å². The second-order valence-electron chi connectivity index (χ2n) is 9.15. The Kier molecular flexibility index (Phi) is 7.31. The number of fused-ring (bicyclic) bond motifs is 1. The van der Waals surface area contributed by atoms with Gasteiger partial charge in [-0.25, -0.2) is 9.97 Å². The highest BCUT2D eigenvalue weighted by molar-refractivity contribution is 7.98. The lowest BCUT2D eigenvalue weighted by atomic mass is 10.1. The lowest BCUT2D eigenvalue weighted by molar-refractivity contribution is -0.135. The quantitative estimate of drug-likeness (QED) is 0.397. The predicted molar refractivity (Wildman–Crippen MR) is 138 cm³/mol. The summed E-state index contributed by atoms with van der Waals surface area (Å²) < 4.78 is 1.44. The van der Waals surface area contributed by atoms with Gasteiger partial charge in [0.1, 0.15) is 16.9 Å². The van der Waals surface area contributed by atoms with Gasteiger partial charge >= 0.3 is 0 Å². The Hall–Kier alpha value is -2.56. The van der Waals surface area contributed by atoms with Gasteiger partial charge < -0.3 is 0 Å². The number of carbonyl (C=O) groups is 2. The zero-order valence-electron chi connectivity index (χ0n) is 19.8. The number of nitrogens with one attached hydrogen (secondary N) is 1. The average molecular weight is 512 g/mol. The molecular weight excluding hydrogens is 482 g/mol. The third-order valence-corrected chi connectivity index (χ3v) is 8.85. The number of carbonyl (C=O) groups excluding carboxylic acids is 2. The maximum absolute atomic E-state index is 13.6. The van der Waals surface area contributed by atoms with Crippen molar-refractivity contribution in [3.8, 4) is 0 Å². The summed E-state index contributed by atoms with van der Waals surface area (Å²) in [6.45, 7) is 5.00. The van der Waals surface area contributed by atoms with E-state index in [1.165, 1.54) is 35.1 Å². The molecule has 2 aromatic heterocycles. The minimum atomic E-state index is -0.726. The third kappa shape index (κ3) is 5.34. The molecule has 1 aromatic carbocycles. The molecule has 3 aromatic rings. The summed E-state index contributed by atoms with van der Waals surface area (Å²) >= 11 is 3.30. The number of amides is 2. The number of likely N-dealkylation sites (tertiary alicyclic amines) is 1. The molecule has 1 N–H and O–H groups in total. The van der Waals surface area contributed by atoms with E-state index in [0.717, 1.165) is 29.5 Å². The molecule has 0 saturated carbocycles. The van der Waals surface area contributed by atoms with Crippen LogP contribution in [0.3, 0.4) is 0 Å². The molecule has 1 atom stereocenters. The first-order valence-corrected chi connectivity index (χ1v) is 13.9. The number of benzene rings is 1. The Labute approximate surface area is 212 Å². The van der Waals surface area contributed by atoms with Crippen LogP contribution in [0.25, 0.3) is 10.9 Å². The molecule has 184 valence electrons. The first-order chi connectivity index (χ1) is 17.0. The van der Waals surface area contributed by atoms with E-state index in [4.69, 9.17) is 0 Å². The predicted octanol–water partition coefficient (Wildman–Crippen LogP) is 3.81. The standard InChI is InChI=1S/C25H29N5O3S2/c1-16-27-18-7-6-8-20(23(18)25(33)30(16)19-9-10-21(31)28-24(19)32)34-15-22-26-13-17(35-22)14-29-11-4-2-3-5-12-29/h6-8,13,19H,2-5,9-12,14-15H2,1H3,(H,28,31,32). The molecule has 2 amide bonds. The summed E-state index contributed by atoms with van der Waals surface area (Å²) in [4.78, 5) is 51.5. The van der Waals surface area contributed by atoms with Crippen molar-refractivity contribution in [3.63, 3.8) is 0 Å². The van der Waals surface area contributed by atoms with E-state index < -0.39 is 11.9 Å². The summed E-state index contributed by atoms with van der Waals surface area (Å²) in [5.74, 6) is 0.380. The Balaban J connectivity index is 1.36. The molecule has 0 spiro atoms. The number of aryl methyl sites for hydroxylation is 1. The molecule has 2 aliphatic rings. The average Bonchev–Trinajstić information content (AvgIpc) is 3.11. The number of nitrogens with zero attached hydrogens (tertiary/aromatic N) is 4. The Morgan fingerprint density at radius 3 is 2.71 bits per heavy atom. The van der Waals surface area contributed by atoms with Crippen molar-refractivity contribution in [1.29, 1.82) is 0 Å². The molecule has 4 heterocycles. The molecule has 5 rings (SSSR count). The minimum absolute atomic E-state index is 0.209. The number of thioether (sulfide) groups is 1. The normalized spacial score (nSPS) is 19.6. The highest BCUT2D eigenvalue weighted by Gasteiger charge is 2.30. The van der Waals surface area contributed by atoms with Crippen molar-refractivity contribution in [2.45, 2.75) is 68.7 Å². The Bertz CT molecular complexity index is 1310. The van der Waals surface area contributed by atoms with Gasteiger partial charge in [-0.1, -0.05) is 18.9 Å². The largest absolute Gasteiger partial charge is 0.298 e. The summed E-state index contributed by atoms with van der Waals surface area (Å²) in [6, 6.07) is 4.92. The number of piperidine rings is 1. The van der Waals surface area contributed by atoms with Gasteiger partial charge in [-0.3, -0.25) is 29.2 Å². The van der Waals surface area contributed by atoms with Crippen LogP contribution in [-0.2, 0) is 21.9 Å². The van der Waals surface area contributed by atoms with E-state index in [-0.39, 0.29) is 17.9 Å². The second-order valence-corrected chi connectivity index (χ2v) is 11.4. The summed E-state index contributed by atoms with van der Waals surface area (Å²) in [5, 5.41) is 3.88. The third-order valence-electron chi connectivity index (χ3n) is 6.62. The fourth-order valence-corrected chi connectivity index (χ4v) is 6.92. The van der Waals surface area contributed by atoms with Crippen LogP contribution in [0.5, 0.6) is 0 Å². The van der Waals surface area contributed by atoms with Gasteiger partial charge in [-0.15, -0.1) is 23.1 Å². The van der Waals surface area contributed by atoms with Crippen LogP contribution in [0.2, 0.25) is 0 Å². The fourth-order valence-electron chi connectivity index (χ4n) is 4.88. The van der Waals surface area contributed by atoms with Gasteiger partial charge in [0.2, 0.25) is 11.8 Å². The van der Waals surface area contributed by atoms with E-state index in [9.17, 15) is 14.4 Å². The van der Waals surface area contributed by atoms with Crippen molar-refractivity contribution in [2.75, 3.05) is 13.1 Å². The van der Waals surface area contributed by atoms with E-state index >= 15 is 0 Å². The first kappa shape index (κ1) is 24.1. The summed E-state index contributed by atoms with van der Waals surface area (Å²) in [7, 11) is 0. The molecule has 0 bridgehead atoms. The molecule has 0 radical (unpaired) electrons. The summed E-state index contributed by atoms with van der Waals surface area (Å²) in [5.41, 5.74) is 0.369. The van der Waals surface area contributed by atoms with E-state index in [0.29, 0.717) is 28.9 Å². The van der Waals surface area contributed by atoms with Crippen molar-refractivity contribution in [1.82, 2.24) is 24.8 Å². The molecule has 1 unspecified atom stereocenters. The van der Waals surface area contributed by atoms with Crippen LogP contribution in [-0.4, -0.2) is 44.3 Å². The lowest BCUT2D eigenvalue weighted by Crippen LogP contribution is -2.45. The molecule has 10 heteroatoms. The van der Waals surface area contributed by atoms with Crippen LogP contribution < -0.4 is 10.9 Å². The van der Waals surface area contributed by atoms with Gasteiger partial charge in [-0.2, -0.15) is 0 Å². The number of thiazole rings is 1. The number of aromatic nitrogens is 3. The zero-order chi connectivity index (χ0) is 24.4. The first-order valence-electron chi connectivity index (χ1n) is 12.1. The van der Waals surface area contributed by atoms with Crippen molar-refractivity contribution < 1.29 is 9.59 Å². The Morgan fingerprint density at radius 1 is 1.14 bits per heavy atom. The lowest BCUT2D eigenvalue weighted by Gasteiger charge is -2.24. The van der Waals surface area contributed by atoms with Crippen LogP contribution in [0.15, 0.2) is 34.1 Å². The van der Waals surface area contributed by atoms with Crippen LogP contribution in [0, 0.1) is 6.92 Å². The molecule has 2 saturated heterocycles. The highest BCUT2D eigenvalue weighted by Crippen LogP contribution is 2.30. The molecule has 2 fully saturated rings. The molecule has 8 nitrogen and oxygen atoms in total. The number of hydrogen-bond donors (Lipinski definition) is 1.